The Morgan fingerprint density at radius 3 is 2.58 bits per heavy atom. The number of benzene rings is 1. The maximum atomic E-state index is 12.4. The van der Waals surface area contributed by atoms with Crippen molar-refractivity contribution in [2.45, 2.75) is 25.4 Å². The number of nitrogens with zero attached hydrogens (tertiary/aromatic N) is 1. The Morgan fingerprint density at radius 2 is 1.95 bits per heavy atom. The number of carbonyl (C=O) groups excluding carboxylic acids is 2. The zero-order chi connectivity index (χ0) is 13.4. The van der Waals surface area contributed by atoms with E-state index in [0.29, 0.717) is 17.3 Å². The first kappa shape index (κ1) is 12.6. The predicted octanol–water partition coefficient (Wildman–Crippen LogP) is 2.40. The van der Waals surface area contributed by atoms with Gasteiger partial charge in [0, 0.05) is 18.1 Å². The van der Waals surface area contributed by atoms with Gasteiger partial charge in [0.05, 0.1) is 17.7 Å². The summed E-state index contributed by atoms with van der Waals surface area (Å²) in [6.07, 6.45) is 1.96. The van der Waals surface area contributed by atoms with Gasteiger partial charge < -0.3 is 4.74 Å². The first-order valence-electron chi connectivity index (χ1n) is 6.41. The quantitative estimate of drug-likeness (QED) is 0.781. The molecule has 0 spiro atoms. The lowest BCUT2D eigenvalue weighted by Gasteiger charge is -2.17. The van der Waals surface area contributed by atoms with Gasteiger partial charge in [0.2, 0.25) is 11.8 Å². The minimum absolute atomic E-state index is 0.103. The maximum absolute atomic E-state index is 12.4. The molecule has 1 aromatic carbocycles. The number of carbonyl (C=O) groups is 2. The van der Waals surface area contributed by atoms with Crippen molar-refractivity contribution in [2.24, 2.45) is 5.92 Å². The molecule has 3 rings (SSSR count). The van der Waals surface area contributed by atoms with Crippen LogP contribution in [0.5, 0.6) is 0 Å². The average Bonchev–Trinajstić information content (AvgIpc) is 3.00. The Morgan fingerprint density at radius 1 is 1.21 bits per heavy atom. The van der Waals surface area contributed by atoms with Crippen molar-refractivity contribution in [1.82, 2.24) is 0 Å². The first-order valence-corrected chi connectivity index (χ1v) is 6.78. The summed E-state index contributed by atoms with van der Waals surface area (Å²) in [5.41, 5.74) is 0.583. The van der Waals surface area contributed by atoms with Crippen LogP contribution in [0.15, 0.2) is 24.3 Å². The fraction of sp³-hybridized carbons (Fsp3) is 0.429. The van der Waals surface area contributed by atoms with Gasteiger partial charge in [-0.2, -0.15) is 0 Å². The van der Waals surface area contributed by atoms with Crippen LogP contribution in [-0.4, -0.2) is 24.5 Å². The molecule has 100 valence electrons. The van der Waals surface area contributed by atoms with Gasteiger partial charge in [-0.3, -0.25) is 14.5 Å². The summed E-state index contributed by atoms with van der Waals surface area (Å²) >= 11 is 5.82. The molecule has 0 radical (unpaired) electrons. The molecule has 5 heteroatoms. The standard InChI is InChI=1S/C14H14ClNO3/c15-9-3-5-10(6-4-9)16-13(17)8-11(14(16)18)12-2-1-7-19-12/h3-6,11-12H,1-2,7-8H2/t11-,12+/m0/s1. The molecule has 0 N–H and O–H groups in total. The highest BCUT2D eigenvalue weighted by molar-refractivity contribution is 6.30. The van der Waals surface area contributed by atoms with Crippen molar-refractivity contribution in [3.63, 3.8) is 0 Å². The molecule has 2 aliphatic rings. The molecule has 2 amide bonds. The van der Waals surface area contributed by atoms with Crippen LogP contribution in [0.2, 0.25) is 5.02 Å². The Kier molecular flexibility index (Phi) is 3.29. The van der Waals surface area contributed by atoms with Gasteiger partial charge in [-0.1, -0.05) is 11.6 Å². The average molecular weight is 280 g/mol. The Hall–Kier alpha value is -1.39. The summed E-state index contributed by atoms with van der Waals surface area (Å²) in [7, 11) is 0. The number of amides is 2. The van der Waals surface area contributed by atoms with Gasteiger partial charge in [0.25, 0.3) is 0 Å². The second-order valence-electron chi connectivity index (χ2n) is 4.91. The van der Waals surface area contributed by atoms with Gasteiger partial charge in [-0.15, -0.1) is 0 Å². The Bertz CT molecular complexity index is 508. The molecule has 19 heavy (non-hydrogen) atoms. The second-order valence-corrected chi connectivity index (χ2v) is 5.34. The third kappa shape index (κ3) is 2.26. The zero-order valence-electron chi connectivity index (χ0n) is 10.3. The Balaban J connectivity index is 1.84. The van der Waals surface area contributed by atoms with Crippen LogP contribution in [0, 0.1) is 5.92 Å². The number of ether oxygens (including phenoxy) is 1. The molecule has 0 aliphatic carbocycles. The van der Waals surface area contributed by atoms with E-state index < -0.39 is 0 Å². The number of halogens is 1. The van der Waals surface area contributed by atoms with E-state index >= 15 is 0 Å². The van der Waals surface area contributed by atoms with E-state index in [0.717, 1.165) is 12.8 Å². The van der Waals surface area contributed by atoms with E-state index in [-0.39, 0.29) is 30.3 Å². The van der Waals surface area contributed by atoms with E-state index in [1.165, 1.54) is 4.90 Å². The van der Waals surface area contributed by atoms with Crippen molar-refractivity contribution in [3.8, 4) is 0 Å². The first-order chi connectivity index (χ1) is 9.16. The van der Waals surface area contributed by atoms with Crippen molar-refractivity contribution in [2.75, 3.05) is 11.5 Å². The molecule has 2 aliphatic heterocycles. The van der Waals surface area contributed by atoms with E-state index in [9.17, 15) is 9.59 Å². The molecule has 0 aromatic heterocycles. The SMILES string of the molecule is O=C1C[C@@H]([C@H]2CCCO2)C(=O)N1c1ccc(Cl)cc1. The molecular weight excluding hydrogens is 266 g/mol. The molecular formula is C14H14ClNO3. The van der Waals surface area contributed by atoms with Crippen LogP contribution in [0.25, 0.3) is 0 Å². The molecule has 2 heterocycles. The van der Waals surface area contributed by atoms with Crippen LogP contribution >= 0.6 is 11.6 Å². The highest BCUT2D eigenvalue weighted by atomic mass is 35.5. The molecule has 2 atom stereocenters. The Labute approximate surface area is 116 Å². The molecule has 2 saturated heterocycles. The van der Waals surface area contributed by atoms with E-state index in [2.05, 4.69) is 0 Å². The number of anilines is 1. The van der Waals surface area contributed by atoms with Gasteiger partial charge in [-0.25, -0.2) is 0 Å². The van der Waals surface area contributed by atoms with Crippen LogP contribution in [0.3, 0.4) is 0 Å². The fourth-order valence-corrected chi connectivity index (χ4v) is 2.85. The van der Waals surface area contributed by atoms with Crippen LogP contribution < -0.4 is 4.90 Å². The molecule has 0 saturated carbocycles. The monoisotopic (exact) mass is 279 g/mol. The normalized spacial score (nSPS) is 27.3. The maximum Gasteiger partial charge on any atom is 0.240 e. The lowest BCUT2D eigenvalue weighted by atomic mass is 9.98. The minimum Gasteiger partial charge on any atom is -0.377 e. The number of imide groups is 1. The van der Waals surface area contributed by atoms with Crippen molar-refractivity contribution < 1.29 is 14.3 Å². The number of hydrogen-bond donors (Lipinski definition) is 0. The largest absolute Gasteiger partial charge is 0.377 e. The van der Waals surface area contributed by atoms with E-state index in [1.807, 2.05) is 0 Å². The van der Waals surface area contributed by atoms with Gasteiger partial charge >= 0.3 is 0 Å². The molecule has 0 bridgehead atoms. The second kappa shape index (κ2) is 4.94. The fourth-order valence-electron chi connectivity index (χ4n) is 2.73. The van der Waals surface area contributed by atoms with Gasteiger partial charge in [0.15, 0.2) is 0 Å². The number of rotatable bonds is 2. The third-order valence-electron chi connectivity index (χ3n) is 3.68. The molecule has 0 unspecified atom stereocenters. The van der Waals surface area contributed by atoms with Crippen LogP contribution in [0.4, 0.5) is 5.69 Å². The zero-order valence-corrected chi connectivity index (χ0v) is 11.1. The predicted molar refractivity (Wildman–Crippen MR) is 71.0 cm³/mol. The highest BCUT2D eigenvalue weighted by Gasteiger charge is 2.44. The lowest BCUT2D eigenvalue weighted by Crippen LogP contribution is -2.33. The summed E-state index contributed by atoms with van der Waals surface area (Å²) in [5.74, 6) is -0.641. The van der Waals surface area contributed by atoms with E-state index in [4.69, 9.17) is 16.3 Å². The molecule has 2 fully saturated rings. The van der Waals surface area contributed by atoms with Crippen LogP contribution in [0.1, 0.15) is 19.3 Å². The van der Waals surface area contributed by atoms with Crippen molar-refractivity contribution in [3.05, 3.63) is 29.3 Å². The number of hydrogen-bond acceptors (Lipinski definition) is 3. The lowest BCUT2D eigenvalue weighted by molar-refractivity contribution is -0.124. The van der Waals surface area contributed by atoms with E-state index in [1.54, 1.807) is 24.3 Å². The smallest absolute Gasteiger partial charge is 0.240 e. The highest BCUT2D eigenvalue weighted by Crippen LogP contribution is 2.33. The van der Waals surface area contributed by atoms with Gasteiger partial charge in [-0.05, 0) is 37.1 Å². The van der Waals surface area contributed by atoms with Crippen LogP contribution in [-0.2, 0) is 14.3 Å². The minimum atomic E-state index is -0.328. The summed E-state index contributed by atoms with van der Waals surface area (Å²) in [5, 5.41) is 0.582. The summed E-state index contributed by atoms with van der Waals surface area (Å²) in [6, 6.07) is 6.74. The molecule has 1 aromatic rings. The molecule has 4 nitrogen and oxygen atoms in total. The summed E-state index contributed by atoms with van der Waals surface area (Å²) in [6.45, 7) is 0.684. The van der Waals surface area contributed by atoms with Crippen molar-refractivity contribution >= 4 is 29.1 Å². The summed E-state index contributed by atoms with van der Waals surface area (Å²) in [4.78, 5) is 25.7. The topological polar surface area (TPSA) is 46.6 Å². The van der Waals surface area contributed by atoms with Gasteiger partial charge in [0.1, 0.15) is 0 Å². The van der Waals surface area contributed by atoms with Crippen molar-refractivity contribution in [1.29, 1.82) is 0 Å². The third-order valence-corrected chi connectivity index (χ3v) is 3.93. The summed E-state index contributed by atoms with van der Waals surface area (Å²) < 4.78 is 5.54.